The molecule has 0 atom stereocenters. The molecule has 3 rings (SSSR count). The molecule has 0 spiro atoms. The summed E-state index contributed by atoms with van der Waals surface area (Å²) in [6, 6.07) is 7.61. The number of carboxylic acids is 1. The fraction of sp³-hybridized carbons (Fsp3) is 0.438. The number of carbonyl (C=O) groups excluding carboxylic acids is 1. The number of benzene rings is 1. The number of nitrogens with zero attached hydrogens (tertiary/aromatic N) is 1. The molecule has 0 radical (unpaired) electrons. The van der Waals surface area contributed by atoms with E-state index in [-0.39, 0.29) is 12.3 Å². The zero-order valence-corrected chi connectivity index (χ0v) is 11.6. The normalized spacial score (nSPS) is 18.6. The highest BCUT2D eigenvalue weighted by Gasteiger charge is 2.51. The zero-order valence-electron chi connectivity index (χ0n) is 11.6. The third-order valence-electron chi connectivity index (χ3n) is 4.16. The van der Waals surface area contributed by atoms with E-state index in [4.69, 9.17) is 10.4 Å². The third kappa shape index (κ3) is 2.75. The topological polar surface area (TPSA) is 90.2 Å². The third-order valence-corrected chi connectivity index (χ3v) is 4.16. The van der Waals surface area contributed by atoms with Crippen LogP contribution in [-0.4, -0.2) is 22.5 Å². The fourth-order valence-electron chi connectivity index (χ4n) is 2.57. The van der Waals surface area contributed by atoms with Gasteiger partial charge in [0.1, 0.15) is 5.54 Å². The maximum atomic E-state index is 12.0. The van der Waals surface area contributed by atoms with Crippen LogP contribution in [0.15, 0.2) is 18.2 Å². The lowest BCUT2D eigenvalue weighted by Crippen LogP contribution is -2.43. The molecule has 0 bridgehead atoms. The van der Waals surface area contributed by atoms with Crippen molar-refractivity contribution in [3.05, 3.63) is 34.9 Å². The first-order valence-electron chi connectivity index (χ1n) is 7.11. The van der Waals surface area contributed by atoms with Crippen LogP contribution < -0.4 is 5.32 Å². The molecule has 1 aromatic carbocycles. The van der Waals surface area contributed by atoms with E-state index in [2.05, 4.69) is 11.4 Å². The van der Waals surface area contributed by atoms with Crippen molar-refractivity contribution in [1.82, 2.24) is 5.32 Å². The minimum absolute atomic E-state index is 0.153. The van der Waals surface area contributed by atoms with Crippen molar-refractivity contribution in [2.45, 2.75) is 43.6 Å². The van der Waals surface area contributed by atoms with Crippen LogP contribution in [-0.2, 0) is 16.0 Å². The van der Waals surface area contributed by atoms with Crippen LogP contribution in [0.3, 0.4) is 0 Å². The molecule has 5 nitrogen and oxygen atoms in total. The molecule has 21 heavy (non-hydrogen) atoms. The van der Waals surface area contributed by atoms with Crippen molar-refractivity contribution < 1.29 is 14.7 Å². The average molecular weight is 284 g/mol. The van der Waals surface area contributed by atoms with E-state index in [0.29, 0.717) is 24.3 Å². The molecule has 2 saturated carbocycles. The smallest absolute Gasteiger partial charge is 0.329 e. The number of rotatable bonds is 5. The Bertz CT molecular complexity index is 652. The van der Waals surface area contributed by atoms with Crippen LogP contribution in [0, 0.1) is 11.3 Å². The summed E-state index contributed by atoms with van der Waals surface area (Å²) in [5, 5.41) is 20.8. The minimum atomic E-state index is -1.04. The molecule has 0 heterocycles. The van der Waals surface area contributed by atoms with Gasteiger partial charge < -0.3 is 10.4 Å². The monoisotopic (exact) mass is 284 g/mol. The molecule has 0 saturated heterocycles. The fourth-order valence-corrected chi connectivity index (χ4v) is 2.57. The van der Waals surface area contributed by atoms with E-state index < -0.39 is 11.5 Å². The van der Waals surface area contributed by atoms with E-state index >= 15 is 0 Å². The van der Waals surface area contributed by atoms with Crippen LogP contribution >= 0.6 is 0 Å². The predicted octanol–water partition coefficient (Wildman–Crippen LogP) is 1.71. The lowest BCUT2D eigenvalue weighted by atomic mass is 9.99. The van der Waals surface area contributed by atoms with Gasteiger partial charge in [0.2, 0.25) is 5.91 Å². The number of carboxylic acid groups (broad SMARTS) is 1. The molecule has 1 aromatic rings. The molecule has 0 aromatic heterocycles. The van der Waals surface area contributed by atoms with Crippen molar-refractivity contribution in [2.75, 3.05) is 0 Å². The molecule has 108 valence electrons. The van der Waals surface area contributed by atoms with Gasteiger partial charge in [0.25, 0.3) is 0 Å². The molecular formula is C16H16N2O3. The quantitative estimate of drug-likeness (QED) is 0.861. The van der Waals surface area contributed by atoms with Crippen molar-refractivity contribution in [3.63, 3.8) is 0 Å². The van der Waals surface area contributed by atoms with Crippen molar-refractivity contribution >= 4 is 11.9 Å². The van der Waals surface area contributed by atoms with Gasteiger partial charge in [-0.1, -0.05) is 12.1 Å². The van der Waals surface area contributed by atoms with E-state index in [0.717, 1.165) is 24.0 Å². The number of hydrogen-bond acceptors (Lipinski definition) is 3. The van der Waals surface area contributed by atoms with Gasteiger partial charge in [0, 0.05) is 0 Å². The Morgan fingerprint density at radius 1 is 1.38 bits per heavy atom. The predicted molar refractivity (Wildman–Crippen MR) is 74.6 cm³/mol. The second-order valence-corrected chi connectivity index (χ2v) is 5.92. The zero-order chi connectivity index (χ0) is 15.0. The van der Waals surface area contributed by atoms with Gasteiger partial charge in [-0.15, -0.1) is 0 Å². The molecule has 2 N–H and O–H groups in total. The summed E-state index contributed by atoms with van der Waals surface area (Å²) >= 11 is 0. The number of carbonyl (C=O) groups is 2. The minimum Gasteiger partial charge on any atom is -0.480 e. The maximum Gasteiger partial charge on any atom is 0.329 e. The van der Waals surface area contributed by atoms with Crippen LogP contribution in [0.1, 0.15) is 48.3 Å². The Labute approximate surface area is 122 Å². The summed E-state index contributed by atoms with van der Waals surface area (Å²) in [7, 11) is 0. The van der Waals surface area contributed by atoms with E-state index in [1.54, 1.807) is 12.1 Å². The Morgan fingerprint density at radius 2 is 2.10 bits per heavy atom. The molecule has 2 aliphatic rings. The number of nitrogens with one attached hydrogen (secondary N) is 1. The molecule has 2 aliphatic carbocycles. The molecule has 5 heteroatoms. The van der Waals surface area contributed by atoms with Crippen LogP contribution in [0.25, 0.3) is 0 Å². The first-order chi connectivity index (χ1) is 10.0. The molecule has 1 amide bonds. The van der Waals surface area contributed by atoms with Gasteiger partial charge >= 0.3 is 5.97 Å². The lowest BCUT2D eigenvalue weighted by molar-refractivity contribution is -0.143. The van der Waals surface area contributed by atoms with Crippen molar-refractivity contribution in [3.8, 4) is 6.07 Å². The summed E-state index contributed by atoms with van der Waals surface area (Å²) in [6.45, 7) is 0. The standard InChI is InChI=1S/C16H16N2O3/c17-9-12-2-1-10(7-13(12)11-3-4-11)8-14(19)18-16(5-6-16)15(20)21/h1-2,7,11H,3-6,8H2,(H,18,19)(H,20,21). The van der Waals surface area contributed by atoms with Gasteiger partial charge in [-0.3, -0.25) is 4.79 Å². The molecule has 0 aliphatic heterocycles. The average Bonchev–Trinajstić information content (AvgIpc) is 3.33. The first-order valence-corrected chi connectivity index (χ1v) is 7.11. The summed E-state index contributed by atoms with van der Waals surface area (Å²) in [5.41, 5.74) is 1.48. The van der Waals surface area contributed by atoms with Crippen LogP contribution in [0.5, 0.6) is 0 Å². The van der Waals surface area contributed by atoms with E-state index in [9.17, 15) is 9.59 Å². The van der Waals surface area contributed by atoms with Gasteiger partial charge in [-0.2, -0.15) is 5.26 Å². The summed E-state index contributed by atoms with van der Waals surface area (Å²) in [6.07, 6.45) is 3.32. The van der Waals surface area contributed by atoms with E-state index in [1.807, 2.05) is 6.07 Å². The molecule has 0 unspecified atom stereocenters. The number of aliphatic carboxylic acids is 1. The number of hydrogen-bond donors (Lipinski definition) is 2. The second-order valence-electron chi connectivity index (χ2n) is 5.92. The second kappa shape index (κ2) is 4.88. The number of nitriles is 1. The van der Waals surface area contributed by atoms with Gasteiger partial charge in [0.15, 0.2) is 0 Å². The first kappa shape index (κ1) is 13.6. The summed E-state index contributed by atoms with van der Waals surface area (Å²) < 4.78 is 0. The van der Waals surface area contributed by atoms with Gasteiger partial charge in [-0.25, -0.2) is 4.79 Å². The van der Waals surface area contributed by atoms with Crippen molar-refractivity contribution in [2.24, 2.45) is 0 Å². The van der Waals surface area contributed by atoms with Gasteiger partial charge in [-0.05, 0) is 48.8 Å². The highest BCUT2D eigenvalue weighted by atomic mass is 16.4. The van der Waals surface area contributed by atoms with Crippen molar-refractivity contribution in [1.29, 1.82) is 5.26 Å². The highest BCUT2D eigenvalue weighted by molar-refractivity contribution is 5.90. The van der Waals surface area contributed by atoms with E-state index in [1.165, 1.54) is 0 Å². The molecular weight excluding hydrogens is 268 g/mol. The largest absolute Gasteiger partial charge is 0.480 e. The molecule has 2 fully saturated rings. The Kier molecular flexibility index (Phi) is 3.17. The lowest BCUT2D eigenvalue weighted by Gasteiger charge is -2.13. The van der Waals surface area contributed by atoms with Crippen LogP contribution in [0.2, 0.25) is 0 Å². The maximum absolute atomic E-state index is 12.0. The Balaban J connectivity index is 1.70. The Morgan fingerprint density at radius 3 is 2.62 bits per heavy atom. The summed E-state index contributed by atoms with van der Waals surface area (Å²) in [5.74, 6) is -0.799. The number of amides is 1. The SMILES string of the molecule is N#Cc1ccc(CC(=O)NC2(C(=O)O)CC2)cc1C1CC1. The summed E-state index contributed by atoms with van der Waals surface area (Å²) in [4.78, 5) is 23.0. The van der Waals surface area contributed by atoms with Crippen LogP contribution in [0.4, 0.5) is 0 Å². The van der Waals surface area contributed by atoms with Gasteiger partial charge in [0.05, 0.1) is 18.1 Å². The highest BCUT2D eigenvalue weighted by Crippen LogP contribution is 2.42. The Hall–Kier alpha value is -2.35.